The molecule has 1 atom stereocenters. The van der Waals surface area contributed by atoms with Gasteiger partial charge in [0, 0.05) is 92.9 Å². The molecular weight excluding hydrogens is 736 g/mol. The number of halogens is 3. The lowest BCUT2D eigenvalue weighted by Gasteiger charge is -2.45. The minimum atomic E-state index is -4.77. The maximum absolute atomic E-state index is 14.5. The molecule has 0 radical (unpaired) electrons. The first-order valence-corrected chi connectivity index (χ1v) is 19.6. The summed E-state index contributed by atoms with van der Waals surface area (Å²) in [5.74, 6) is -0.630. The van der Waals surface area contributed by atoms with Gasteiger partial charge in [0.1, 0.15) is 22.9 Å². The number of ether oxygens (including phenoxy) is 1. The Labute approximate surface area is 330 Å². The Morgan fingerprint density at radius 2 is 1.84 bits per heavy atom. The van der Waals surface area contributed by atoms with Crippen molar-refractivity contribution in [2.75, 3.05) is 59.8 Å². The number of alkyl halides is 3. The number of carbonyl (C=O) groups is 2. The predicted octanol–water partition coefficient (Wildman–Crippen LogP) is 7.01. The topological polar surface area (TPSA) is 121 Å². The fourth-order valence-electron chi connectivity index (χ4n) is 8.98. The van der Waals surface area contributed by atoms with Crippen LogP contribution in [-0.2, 0) is 35.1 Å². The van der Waals surface area contributed by atoms with Crippen LogP contribution in [0.2, 0.25) is 0 Å². The summed E-state index contributed by atoms with van der Waals surface area (Å²) in [7, 11) is 0. The molecule has 0 bridgehead atoms. The zero-order chi connectivity index (χ0) is 40.2. The number of benzene rings is 1. The van der Waals surface area contributed by atoms with Crippen LogP contribution in [0.3, 0.4) is 0 Å². The highest BCUT2D eigenvalue weighted by Crippen LogP contribution is 2.41. The van der Waals surface area contributed by atoms with Gasteiger partial charge < -0.3 is 24.8 Å². The summed E-state index contributed by atoms with van der Waals surface area (Å²) in [5, 5.41) is 5.75. The molecule has 300 valence electrons. The first-order valence-electron chi connectivity index (χ1n) is 19.6. The fourth-order valence-corrected chi connectivity index (χ4v) is 8.98. The average molecular weight is 784 g/mol. The molecule has 8 rings (SSSR count). The largest absolute Gasteiger partial charge is 0.421 e. The summed E-state index contributed by atoms with van der Waals surface area (Å²) in [6.07, 6.45) is 2.47. The Balaban J connectivity index is 1.08. The van der Waals surface area contributed by atoms with Gasteiger partial charge in [-0.2, -0.15) is 13.2 Å². The van der Waals surface area contributed by atoms with Crippen molar-refractivity contribution in [1.29, 1.82) is 0 Å². The van der Waals surface area contributed by atoms with Crippen LogP contribution in [0, 0.1) is 12.3 Å². The zero-order valence-electron chi connectivity index (χ0n) is 32.7. The molecule has 2 amide bonds. The molecule has 0 spiro atoms. The first-order chi connectivity index (χ1) is 27.2. The molecule has 0 saturated carbocycles. The Morgan fingerprint density at radius 3 is 2.58 bits per heavy atom. The van der Waals surface area contributed by atoms with Gasteiger partial charge in [0.15, 0.2) is 5.82 Å². The van der Waals surface area contributed by atoms with E-state index in [0.717, 1.165) is 69.9 Å². The van der Waals surface area contributed by atoms with Crippen molar-refractivity contribution >= 4 is 40.5 Å². The number of pyridine rings is 1. The number of amides is 2. The highest BCUT2D eigenvalue weighted by atomic mass is 19.4. The third-order valence-corrected chi connectivity index (χ3v) is 11.8. The Kier molecular flexibility index (Phi) is 10.1. The molecule has 12 nitrogen and oxygen atoms in total. The number of piperazine rings is 1. The van der Waals surface area contributed by atoms with Gasteiger partial charge in [-0.15, -0.1) is 0 Å². The molecular formula is C42H48F3N9O3. The summed E-state index contributed by atoms with van der Waals surface area (Å²) in [6.45, 7) is 16.8. The number of nitrogens with one attached hydrogen (secondary N) is 2. The van der Waals surface area contributed by atoms with Gasteiger partial charge in [0.05, 0.1) is 11.4 Å². The van der Waals surface area contributed by atoms with Crippen molar-refractivity contribution in [2.45, 2.75) is 78.2 Å². The van der Waals surface area contributed by atoms with E-state index in [0.29, 0.717) is 54.0 Å². The second kappa shape index (κ2) is 14.9. The van der Waals surface area contributed by atoms with Gasteiger partial charge >= 0.3 is 6.18 Å². The first kappa shape index (κ1) is 38.6. The molecule has 57 heavy (non-hydrogen) atoms. The monoisotopic (exact) mass is 783 g/mol. The quantitative estimate of drug-likeness (QED) is 0.182. The predicted molar refractivity (Wildman–Crippen MR) is 213 cm³/mol. The maximum atomic E-state index is 14.5. The maximum Gasteiger partial charge on any atom is 0.421 e. The van der Waals surface area contributed by atoms with Crippen LogP contribution >= 0.6 is 0 Å². The number of fused-ring (bicyclic) bond motifs is 3. The van der Waals surface area contributed by atoms with E-state index >= 15 is 0 Å². The number of nitrogens with zero attached hydrogens (tertiary/aromatic N) is 7. The Hall–Kier alpha value is -5.28. The number of carbonyl (C=O) groups excluding carboxylic acids is 2. The molecule has 15 heteroatoms. The number of rotatable bonds is 8. The Bertz CT molecular complexity index is 2230. The summed E-state index contributed by atoms with van der Waals surface area (Å²) in [6, 6.07) is 9.30. The number of hydrogen-bond acceptors (Lipinski definition) is 9. The second-order valence-corrected chi connectivity index (χ2v) is 16.3. The molecule has 2 N–H and O–H groups in total. The summed E-state index contributed by atoms with van der Waals surface area (Å²) in [5.41, 5.74) is 4.60. The van der Waals surface area contributed by atoms with E-state index in [2.05, 4.69) is 67.3 Å². The fraction of sp³-hybridized carbons (Fsp3) is 0.452. The summed E-state index contributed by atoms with van der Waals surface area (Å²) in [4.78, 5) is 46.0. The molecule has 2 saturated heterocycles. The number of anilines is 5. The van der Waals surface area contributed by atoms with Crippen LogP contribution in [0.4, 0.5) is 41.9 Å². The average Bonchev–Trinajstić information content (AvgIpc) is 3.67. The van der Waals surface area contributed by atoms with Crippen molar-refractivity contribution in [3.05, 3.63) is 83.5 Å². The minimum Gasteiger partial charge on any atom is -0.381 e. The lowest BCUT2D eigenvalue weighted by Crippen LogP contribution is -2.56. The van der Waals surface area contributed by atoms with Crippen LogP contribution in [0.25, 0.3) is 11.4 Å². The van der Waals surface area contributed by atoms with Crippen LogP contribution in [-0.4, -0.2) is 87.7 Å². The number of aromatic nitrogens is 4. The second-order valence-electron chi connectivity index (χ2n) is 16.3. The smallest absolute Gasteiger partial charge is 0.381 e. The van der Waals surface area contributed by atoms with Crippen LogP contribution in [0.15, 0.2) is 55.4 Å². The molecule has 4 aromatic rings. The van der Waals surface area contributed by atoms with Crippen molar-refractivity contribution in [3.8, 4) is 11.4 Å². The van der Waals surface area contributed by atoms with E-state index in [1.54, 1.807) is 36.1 Å². The van der Waals surface area contributed by atoms with Gasteiger partial charge in [-0.25, -0.2) is 15.0 Å². The van der Waals surface area contributed by atoms with Gasteiger partial charge in [0.25, 0.3) is 5.91 Å². The molecule has 3 aromatic heterocycles. The van der Waals surface area contributed by atoms with Gasteiger partial charge in [0.2, 0.25) is 5.91 Å². The molecule has 6 heterocycles. The highest BCUT2D eigenvalue weighted by molar-refractivity contribution is 6.06. The highest BCUT2D eigenvalue weighted by Gasteiger charge is 2.39. The molecule has 3 aliphatic heterocycles. The van der Waals surface area contributed by atoms with E-state index < -0.39 is 23.5 Å². The van der Waals surface area contributed by atoms with E-state index in [1.807, 2.05) is 6.07 Å². The molecule has 1 aromatic carbocycles. The summed E-state index contributed by atoms with van der Waals surface area (Å²) >= 11 is 0. The third-order valence-electron chi connectivity index (χ3n) is 11.8. The lowest BCUT2D eigenvalue weighted by atomic mass is 9.90. The Morgan fingerprint density at radius 1 is 1.05 bits per heavy atom. The standard InChI is InChI=1S/C42H48F3N9O3/c1-6-36(55)49-32-20-28(7-8-33(32)52-14-13-51(24-25(52)2)29-10-17-57-18-11-29)48-38-31(42(43,44)45)23-47-37(50-38)30-9-12-46-39(26(30)3)54-16-15-53-34(40(54)56)19-27-21-41(4,5)22-35(27)53/h6-9,12,19-20,23,25,29H,1,10-11,13-18,21-22,24H2,2-5H3,(H,49,55)(H,47,48,50). The molecule has 2 fully saturated rings. The van der Waals surface area contributed by atoms with E-state index in [4.69, 9.17) is 4.74 Å². The zero-order valence-corrected chi connectivity index (χ0v) is 32.7. The van der Waals surface area contributed by atoms with Crippen LogP contribution in [0.1, 0.15) is 66.5 Å². The van der Waals surface area contributed by atoms with Crippen molar-refractivity contribution in [2.24, 2.45) is 5.41 Å². The molecule has 1 unspecified atom stereocenters. The van der Waals surface area contributed by atoms with Crippen molar-refractivity contribution in [1.82, 2.24) is 24.4 Å². The third kappa shape index (κ3) is 7.50. The van der Waals surface area contributed by atoms with E-state index in [9.17, 15) is 22.8 Å². The van der Waals surface area contributed by atoms with Crippen molar-refractivity contribution < 1.29 is 27.5 Å². The molecule has 4 aliphatic rings. The lowest BCUT2D eigenvalue weighted by molar-refractivity contribution is -0.137. The summed E-state index contributed by atoms with van der Waals surface area (Å²) < 4.78 is 51.1. The van der Waals surface area contributed by atoms with E-state index in [-0.39, 0.29) is 28.9 Å². The van der Waals surface area contributed by atoms with Crippen LogP contribution < -0.4 is 20.4 Å². The van der Waals surface area contributed by atoms with Gasteiger partial charge in [-0.3, -0.25) is 19.4 Å². The normalized spacial score (nSPS) is 20.0. The molecule has 1 aliphatic carbocycles. The number of hydrogen-bond donors (Lipinski definition) is 2. The SMILES string of the molecule is C=CC(=O)Nc1cc(Nc2nc(-c3ccnc(N4CCn5c(cc6c5CC(C)(C)C6)C4=O)c3C)ncc2C(F)(F)F)ccc1N1CCN(C2CCOCC2)CC1C. The van der Waals surface area contributed by atoms with Crippen LogP contribution in [0.5, 0.6) is 0 Å². The van der Waals surface area contributed by atoms with E-state index in [1.165, 1.54) is 17.5 Å². The minimum absolute atomic E-state index is 0.0359. The van der Waals surface area contributed by atoms with Crippen molar-refractivity contribution in [3.63, 3.8) is 0 Å². The van der Waals surface area contributed by atoms with Gasteiger partial charge in [-0.05, 0) is 86.9 Å². The van der Waals surface area contributed by atoms with Gasteiger partial charge in [-0.1, -0.05) is 20.4 Å².